The van der Waals surface area contributed by atoms with Gasteiger partial charge in [0.1, 0.15) is 0 Å². The summed E-state index contributed by atoms with van der Waals surface area (Å²) < 4.78 is 38.0. The van der Waals surface area contributed by atoms with Crippen molar-refractivity contribution in [3.05, 3.63) is 29.1 Å². The third-order valence-electron chi connectivity index (χ3n) is 2.73. The Labute approximate surface area is 84.8 Å². The molecule has 0 fully saturated rings. The Morgan fingerprint density at radius 2 is 2.07 bits per heavy atom. The lowest BCUT2D eigenvalue weighted by Crippen LogP contribution is -2.40. The summed E-state index contributed by atoms with van der Waals surface area (Å²) in [4.78, 5) is 3.80. The van der Waals surface area contributed by atoms with Crippen LogP contribution in [0.5, 0.6) is 0 Å². The van der Waals surface area contributed by atoms with Gasteiger partial charge in [0.25, 0.3) is 0 Å². The maximum absolute atomic E-state index is 12.7. The van der Waals surface area contributed by atoms with Gasteiger partial charge in [-0.25, -0.2) is 0 Å². The normalized spacial score (nSPS) is 25.4. The summed E-state index contributed by atoms with van der Waals surface area (Å²) in [6, 6.07) is 3.25. The van der Waals surface area contributed by atoms with Crippen LogP contribution in [-0.2, 0) is 12.0 Å². The number of nitrogens with zero attached hydrogens (tertiary/aromatic N) is 1. The topological polar surface area (TPSA) is 33.1 Å². The Bertz CT molecular complexity index is 402. The molecule has 0 aliphatic heterocycles. The number of alkyl halides is 3. The summed E-state index contributed by atoms with van der Waals surface area (Å²) in [7, 11) is 0. The molecule has 1 unspecified atom stereocenters. The minimum absolute atomic E-state index is 0.221. The fourth-order valence-corrected chi connectivity index (χ4v) is 1.86. The molecule has 1 heterocycles. The van der Waals surface area contributed by atoms with E-state index in [4.69, 9.17) is 0 Å². The molecule has 0 radical (unpaired) electrons. The number of aryl methyl sites for hydroxylation is 2. The summed E-state index contributed by atoms with van der Waals surface area (Å²) in [6.07, 6.45) is -4.76. The van der Waals surface area contributed by atoms with E-state index in [9.17, 15) is 18.3 Å². The Morgan fingerprint density at radius 1 is 1.40 bits per heavy atom. The molecular formula is C10H10F3NO. The molecule has 1 aromatic heterocycles. The lowest BCUT2D eigenvalue weighted by atomic mass is 10.0. The SMILES string of the molecule is Cc1ccc2c(n1)C(O)(C(F)(F)F)CC2. The molecule has 15 heavy (non-hydrogen) atoms. The molecule has 82 valence electrons. The van der Waals surface area contributed by atoms with Crippen LogP contribution in [0.2, 0.25) is 0 Å². The third kappa shape index (κ3) is 1.42. The van der Waals surface area contributed by atoms with Crippen molar-refractivity contribution in [1.82, 2.24) is 4.98 Å². The Balaban J connectivity index is 2.56. The standard InChI is InChI=1S/C10H10F3NO/c1-6-2-3-7-4-5-9(15,8(7)14-6)10(11,12)13/h2-3,15H,4-5H2,1H3. The molecule has 0 aromatic carbocycles. The number of aromatic nitrogens is 1. The summed E-state index contributed by atoms with van der Waals surface area (Å²) in [5.74, 6) is 0. The van der Waals surface area contributed by atoms with Crippen molar-refractivity contribution in [3.8, 4) is 0 Å². The van der Waals surface area contributed by atoms with Crippen LogP contribution in [0.3, 0.4) is 0 Å². The van der Waals surface area contributed by atoms with E-state index in [2.05, 4.69) is 4.98 Å². The molecule has 2 nitrogen and oxygen atoms in total. The van der Waals surface area contributed by atoms with Crippen LogP contribution >= 0.6 is 0 Å². The van der Waals surface area contributed by atoms with Crippen LogP contribution in [-0.4, -0.2) is 16.3 Å². The van der Waals surface area contributed by atoms with Gasteiger partial charge in [0.15, 0.2) is 0 Å². The van der Waals surface area contributed by atoms with Crippen LogP contribution in [0, 0.1) is 6.92 Å². The molecule has 0 saturated carbocycles. The van der Waals surface area contributed by atoms with E-state index in [0.29, 0.717) is 11.3 Å². The lowest BCUT2D eigenvalue weighted by molar-refractivity contribution is -0.266. The molecule has 2 rings (SSSR count). The largest absolute Gasteiger partial charge is 0.423 e. The number of halogens is 3. The van der Waals surface area contributed by atoms with Gasteiger partial charge in [0.2, 0.25) is 5.60 Å². The van der Waals surface area contributed by atoms with Crippen molar-refractivity contribution in [2.45, 2.75) is 31.5 Å². The highest BCUT2D eigenvalue weighted by atomic mass is 19.4. The Hall–Kier alpha value is -1.10. The van der Waals surface area contributed by atoms with E-state index in [0.717, 1.165) is 0 Å². The van der Waals surface area contributed by atoms with E-state index >= 15 is 0 Å². The van der Waals surface area contributed by atoms with Gasteiger partial charge in [-0.1, -0.05) is 6.07 Å². The van der Waals surface area contributed by atoms with Crippen LogP contribution in [0.25, 0.3) is 0 Å². The molecule has 0 saturated heterocycles. The van der Waals surface area contributed by atoms with E-state index in [1.165, 1.54) is 0 Å². The fourth-order valence-electron chi connectivity index (χ4n) is 1.86. The fraction of sp³-hybridized carbons (Fsp3) is 0.500. The van der Waals surface area contributed by atoms with E-state index in [1.807, 2.05) is 0 Å². The molecule has 0 spiro atoms. The quantitative estimate of drug-likeness (QED) is 0.721. The summed E-state index contributed by atoms with van der Waals surface area (Å²) in [5.41, 5.74) is -2.01. The zero-order valence-electron chi connectivity index (χ0n) is 8.10. The molecule has 1 N–H and O–H groups in total. The first-order valence-corrected chi connectivity index (χ1v) is 4.61. The van der Waals surface area contributed by atoms with Crippen molar-refractivity contribution in [3.63, 3.8) is 0 Å². The minimum atomic E-state index is -4.65. The van der Waals surface area contributed by atoms with Gasteiger partial charge in [0.05, 0.1) is 5.69 Å². The maximum Gasteiger partial charge on any atom is 0.423 e. The molecular weight excluding hydrogens is 207 g/mol. The van der Waals surface area contributed by atoms with Gasteiger partial charge < -0.3 is 5.11 Å². The monoisotopic (exact) mass is 217 g/mol. The second-order valence-electron chi connectivity index (χ2n) is 3.82. The summed E-state index contributed by atoms with van der Waals surface area (Å²) in [6.45, 7) is 1.61. The van der Waals surface area contributed by atoms with Crippen molar-refractivity contribution in [1.29, 1.82) is 0 Å². The predicted octanol–water partition coefficient (Wildman–Crippen LogP) is 2.09. The van der Waals surface area contributed by atoms with Crippen molar-refractivity contribution >= 4 is 0 Å². The van der Waals surface area contributed by atoms with E-state index in [-0.39, 0.29) is 18.5 Å². The number of hydrogen-bond acceptors (Lipinski definition) is 2. The first kappa shape index (κ1) is 10.4. The molecule has 5 heteroatoms. The third-order valence-corrected chi connectivity index (χ3v) is 2.73. The number of pyridine rings is 1. The Morgan fingerprint density at radius 3 is 2.67 bits per heavy atom. The van der Waals surface area contributed by atoms with E-state index in [1.54, 1.807) is 19.1 Å². The van der Waals surface area contributed by atoms with Crippen LogP contribution in [0.4, 0.5) is 13.2 Å². The van der Waals surface area contributed by atoms with Crippen LogP contribution < -0.4 is 0 Å². The highest BCUT2D eigenvalue weighted by molar-refractivity contribution is 5.34. The first-order valence-electron chi connectivity index (χ1n) is 4.61. The minimum Gasteiger partial charge on any atom is -0.375 e. The molecule has 0 amide bonds. The molecule has 1 atom stereocenters. The highest BCUT2D eigenvalue weighted by Crippen LogP contribution is 2.46. The van der Waals surface area contributed by atoms with E-state index < -0.39 is 11.8 Å². The van der Waals surface area contributed by atoms with Crippen LogP contribution in [0.1, 0.15) is 23.4 Å². The number of rotatable bonds is 0. The van der Waals surface area contributed by atoms with Gasteiger partial charge in [-0.15, -0.1) is 0 Å². The zero-order valence-corrected chi connectivity index (χ0v) is 8.10. The number of hydrogen-bond donors (Lipinski definition) is 1. The molecule has 1 aromatic rings. The average molecular weight is 217 g/mol. The number of fused-ring (bicyclic) bond motifs is 1. The Kier molecular flexibility index (Phi) is 2.05. The first-order chi connectivity index (χ1) is 6.84. The maximum atomic E-state index is 12.7. The second kappa shape index (κ2) is 2.95. The predicted molar refractivity (Wildman–Crippen MR) is 47.2 cm³/mol. The van der Waals surface area contributed by atoms with Gasteiger partial charge >= 0.3 is 6.18 Å². The molecule has 1 aliphatic rings. The molecule has 1 aliphatic carbocycles. The van der Waals surface area contributed by atoms with Crippen molar-refractivity contribution in [2.24, 2.45) is 0 Å². The number of aliphatic hydroxyl groups is 1. The van der Waals surface area contributed by atoms with Gasteiger partial charge in [-0.2, -0.15) is 13.2 Å². The second-order valence-corrected chi connectivity index (χ2v) is 3.82. The summed E-state index contributed by atoms with van der Waals surface area (Å²) in [5, 5.41) is 9.62. The summed E-state index contributed by atoms with van der Waals surface area (Å²) >= 11 is 0. The molecule has 0 bridgehead atoms. The van der Waals surface area contributed by atoms with Crippen molar-refractivity contribution in [2.75, 3.05) is 0 Å². The lowest BCUT2D eigenvalue weighted by Gasteiger charge is -2.25. The van der Waals surface area contributed by atoms with Gasteiger partial charge in [-0.05, 0) is 31.4 Å². The van der Waals surface area contributed by atoms with Gasteiger partial charge in [0, 0.05) is 5.69 Å². The van der Waals surface area contributed by atoms with Gasteiger partial charge in [-0.3, -0.25) is 4.98 Å². The zero-order chi connectivity index (χ0) is 11.3. The average Bonchev–Trinajstić information content (AvgIpc) is 2.44. The highest BCUT2D eigenvalue weighted by Gasteiger charge is 2.58. The smallest absolute Gasteiger partial charge is 0.375 e. The van der Waals surface area contributed by atoms with Crippen LogP contribution in [0.15, 0.2) is 12.1 Å². The van der Waals surface area contributed by atoms with Crippen molar-refractivity contribution < 1.29 is 18.3 Å².